The maximum atomic E-state index is 11.2. The largest absolute Gasteiger partial charge is 0.394 e. The third-order valence-corrected chi connectivity index (χ3v) is 2.67. The van der Waals surface area contributed by atoms with E-state index in [0.717, 1.165) is 0 Å². The Kier molecular flexibility index (Phi) is 4.04. The molecular weight excluding hydrogens is 202 g/mol. The highest BCUT2D eigenvalue weighted by Crippen LogP contribution is 2.25. The molecule has 15 heavy (non-hydrogen) atoms. The van der Waals surface area contributed by atoms with Crippen molar-refractivity contribution >= 4 is 5.91 Å². The van der Waals surface area contributed by atoms with Gasteiger partial charge in [-0.3, -0.25) is 4.79 Å². The summed E-state index contributed by atoms with van der Waals surface area (Å²) in [6.45, 7) is 1.13. The molecule has 1 aliphatic rings. The van der Waals surface area contributed by atoms with Crippen molar-refractivity contribution in [3.8, 4) is 0 Å². The fraction of sp³-hybridized carbons (Fsp3) is 0.889. The highest BCUT2D eigenvalue weighted by Gasteiger charge is 2.46. The molecule has 0 unspecified atom stereocenters. The minimum atomic E-state index is -0.943. The summed E-state index contributed by atoms with van der Waals surface area (Å²) in [5.41, 5.74) is 0. The Bertz CT molecular complexity index is 233. The van der Waals surface area contributed by atoms with Gasteiger partial charge in [-0.2, -0.15) is 0 Å². The summed E-state index contributed by atoms with van der Waals surface area (Å²) in [5, 5.41) is 18.9. The van der Waals surface area contributed by atoms with E-state index in [0.29, 0.717) is 0 Å². The minimum absolute atomic E-state index is 0.196. The van der Waals surface area contributed by atoms with Crippen molar-refractivity contribution in [2.24, 2.45) is 0 Å². The molecule has 0 spiro atoms. The molecule has 0 bridgehead atoms. The highest BCUT2D eigenvalue weighted by atomic mass is 16.7. The number of likely N-dealkylation sites (N-methyl/N-ethyl adjacent to an activating group) is 1. The summed E-state index contributed by atoms with van der Waals surface area (Å²) in [5.74, 6) is -0.196. The molecule has 0 aromatic heterocycles. The number of aliphatic hydroxyl groups excluding tert-OH is 2. The summed E-state index contributed by atoms with van der Waals surface area (Å²) < 4.78 is 10.1. The Labute approximate surface area is 88.4 Å². The molecule has 1 amide bonds. The zero-order chi connectivity index (χ0) is 11.6. The number of rotatable bonds is 3. The summed E-state index contributed by atoms with van der Waals surface area (Å²) in [6.07, 6.45) is -2.35. The maximum absolute atomic E-state index is 11.2. The van der Waals surface area contributed by atoms with Crippen LogP contribution in [0, 0.1) is 0 Å². The molecule has 1 fully saturated rings. The minimum Gasteiger partial charge on any atom is -0.394 e. The van der Waals surface area contributed by atoms with Crippen LogP contribution in [0.3, 0.4) is 0 Å². The van der Waals surface area contributed by atoms with Gasteiger partial charge in [0.25, 0.3) is 0 Å². The third-order valence-electron chi connectivity index (χ3n) is 2.67. The van der Waals surface area contributed by atoms with Crippen molar-refractivity contribution in [3.63, 3.8) is 0 Å². The molecule has 1 aliphatic heterocycles. The molecule has 0 aromatic carbocycles. The quantitative estimate of drug-likeness (QED) is 0.607. The van der Waals surface area contributed by atoms with Gasteiger partial charge in [-0.05, 0) is 0 Å². The second kappa shape index (κ2) is 4.89. The lowest BCUT2D eigenvalue weighted by molar-refractivity contribution is -0.153. The lowest BCUT2D eigenvalue weighted by atomic mass is 10.1. The summed E-state index contributed by atoms with van der Waals surface area (Å²) in [7, 11) is 2.96. The molecule has 4 atom stereocenters. The van der Waals surface area contributed by atoms with Crippen LogP contribution < -0.4 is 0 Å². The second-order valence-corrected chi connectivity index (χ2v) is 3.57. The molecule has 6 nitrogen and oxygen atoms in total. The van der Waals surface area contributed by atoms with E-state index in [-0.39, 0.29) is 12.5 Å². The topological polar surface area (TPSA) is 79.2 Å². The summed E-state index contributed by atoms with van der Waals surface area (Å²) in [6, 6.07) is -0.572. The van der Waals surface area contributed by atoms with E-state index in [4.69, 9.17) is 14.6 Å². The first-order valence-corrected chi connectivity index (χ1v) is 4.73. The molecule has 1 rings (SSSR count). The van der Waals surface area contributed by atoms with Crippen LogP contribution in [-0.4, -0.2) is 66.3 Å². The van der Waals surface area contributed by atoms with Gasteiger partial charge in [-0.25, -0.2) is 0 Å². The van der Waals surface area contributed by atoms with Gasteiger partial charge in [-0.1, -0.05) is 0 Å². The molecule has 1 saturated heterocycles. The molecular formula is C9H17NO5. The zero-order valence-electron chi connectivity index (χ0n) is 9.08. The van der Waals surface area contributed by atoms with Gasteiger partial charge >= 0.3 is 0 Å². The van der Waals surface area contributed by atoms with Gasteiger partial charge in [0.1, 0.15) is 12.2 Å². The van der Waals surface area contributed by atoms with Crippen LogP contribution >= 0.6 is 0 Å². The van der Waals surface area contributed by atoms with Crippen LogP contribution in [-0.2, 0) is 14.3 Å². The molecule has 0 saturated carbocycles. The first kappa shape index (κ1) is 12.4. The number of hydrogen-bond acceptors (Lipinski definition) is 5. The fourth-order valence-electron chi connectivity index (χ4n) is 1.75. The molecule has 6 heteroatoms. The predicted octanol–water partition coefficient (Wildman–Crippen LogP) is -1.44. The maximum Gasteiger partial charge on any atom is 0.219 e. The number of ether oxygens (including phenoxy) is 2. The Morgan fingerprint density at radius 2 is 2.20 bits per heavy atom. The first-order chi connectivity index (χ1) is 7.02. The van der Waals surface area contributed by atoms with E-state index in [2.05, 4.69) is 0 Å². The van der Waals surface area contributed by atoms with Crippen molar-refractivity contribution in [3.05, 3.63) is 0 Å². The lowest BCUT2D eigenvalue weighted by Crippen LogP contribution is -2.49. The Hall–Kier alpha value is -0.690. The molecule has 88 valence electrons. The van der Waals surface area contributed by atoms with Crippen LogP contribution in [0.5, 0.6) is 0 Å². The van der Waals surface area contributed by atoms with Crippen molar-refractivity contribution in [1.29, 1.82) is 0 Å². The number of methoxy groups -OCH3 is 1. The smallest absolute Gasteiger partial charge is 0.219 e. The fourth-order valence-corrected chi connectivity index (χ4v) is 1.75. The van der Waals surface area contributed by atoms with E-state index in [9.17, 15) is 9.90 Å². The Balaban J connectivity index is 2.79. The third kappa shape index (κ3) is 2.28. The molecule has 0 radical (unpaired) electrons. The molecule has 2 N–H and O–H groups in total. The summed E-state index contributed by atoms with van der Waals surface area (Å²) in [4.78, 5) is 12.5. The van der Waals surface area contributed by atoms with Gasteiger partial charge in [0, 0.05) is 21.1 Å². The lowest BCUT2D eigenvalue weighted by Gasteiger charge is -2.28. The van der Waals surface area contributed by atoms with Crippen molar-refractivity contribution < 1.29 is 24.5 Å². The number of nitrogens with zero attached hydrogens (tertiary/aromatic N) is 1. The van der Waals surface area contributed by atoms with E-state index in [1.54, 1.807) is 7.05 Å². The predicted molar refractivity (Wildman–Crippen MR) is 51.0 cm³/mol. The number of carbonyl (C=O) groups is 1. The van der Waals surface area contributed by atoms with Crippen LogP contribution in [0.1, 0.15) is 6.92 Å². The first-order valence-electron chi connectivity index (χ1n) is 4.73. The number of carbonyl (C=O) groups excluding carboxylic acids is 1. The number of amides is 1. The monoisotopic (exact) mass is 219 g/mol. The van der Waals surface area contributed by atoms with Gasteiger partial charge in [0.2, 0.25) is 5.91 Å². The zero-order valence-corrected chi connectivity index (χ0v) is 9.08. The average molecular weight is 219 g/mol. The van der Waals surface area contributed by atoms with Crippen LogP contribution in [0.15, 0.2) is 0 Å². The van der Waals surface area contributed by atoms with E-state index < -0.39 is 24.5 Å². The van der Waals surface area contributed by atoms with Crippen LogP contribution in [0.25, 0.3) is 0 Å². The van der Waals surface area contributed by atoms with Crippen LogP contribution in [0.2, 0.25) is 0 Å². The Morgan fingerprint density at radius 3 is 2.60 bits per heavy atom. The van der Waals surface area contributed by atoms with Gasteiger partial charge in [-0.15, -0.1) is 0 Å². The SMILES string of the molecule is CO[C@H]1O[C@@H](CO)[C@@H](N(C)C(C)=O)[C@H]1O. The van der Waals surface area contributed by atoms with Crippen LogP contribution in [0.4, 0.5) is 0 Å². The second-order valence-electron chi connectivity index (χ2n) is 3.57. The number of aliphatic hydroxyl groups is 2. The Morgan fingerprint density at radius 1 is 1.60 bits per heavy atom. The standard InChI is InChI=1S/C9H17NO5/c1-5(12)10(2)7-6(4-11)15-9(14-3)8(7)13/h6-9,11,13H,4H2,1-3H3/t6-,7+,8+,9-/m0/s1. The van der Waals surface area contributed by atoms with Gasteiger partial charge in [0.05, 0.1) is 12.6 Å². The average Bonchev–Trinajstić information content (AvgIpc) is 2.53. The molecule has 0 aromatic rings. The van der Waals surface area contributed by atoms with Crippen molar-refractivity contribution in [2.45, 2.75) is 31.5 Å². The van der Waals surface area contributed by atoms with Crippen molar-refractivity contribution in [2.75, 3.05) is 20.8 Å². The normalized spacial score (nSPS) is 35.5. The van der Waals surface area contributed by atoms with Gasteiger partial charge < -0.3 is 24.6 Å². The summed E-state index contributed by atoms with van der Waals surface area (Å²) >= 11 is 0. The van der Waals surface area contributed by atoms with E-state index >= 15 is 0 Å². The van der Waals surface area contributed by atoms with E-state index in [1.165, 1.54) is 18.9 Å². The van der Waals surface area contributed by atoms with Crippen molar-refractivity contribution in [1.82, 2.24) is 4.90 Å². The van der Waals surface area contributed by atoms with E-state index in [1.807, 2.05) is 0 Å². The molecule has 0 aliphatic carbocycles. The van der Waals surface area contributed by atoms with Gasteiger partial charge in [0.15, 0.2) is 6.29 Å². The highest BCUT2D eigenvalue weighted by molar-refractivity contribution is 5.73. The molecule has 1 heterocycles. The number of hydrogen-bond donors (Lipinski definition) is 2.